The molecule has 2 aromatic carbocycles. The average molecular weight is 467 g/mol. The number of aryl methyl sites for hydroxylation is 2. The number of anilines is 1. The van der Waals surface area contributed by atoms with E-state index in [0.717, 1.165) is 45.2 Å². The number of carbonyl (C=O) groups excluding carboxylic acids is 1. The third-order valence-corrected chi connectivity index (χ3v) is 5.95. The van der Waals surface area contributed by atoms with Crippen molar-refractivity contribution in [3.05, 3.63) is 69.7 Å². The van der Waals surface area contributed by atoms with Crippen LogP contribution in [0.2, 0.25) is 0 Å². The van der Waals surface area contributed by atoms with E-state index >= 15 is 0 Å². The van der Waals surface area contributed by atoms with E-state index in [9.17, 15) is 4.79 Å². The van der Waals surface area contributed by atoms with Crippen molar-refractivity contribution in [2.45, 2.75) is 33.2 Å². The third kappa shape index (κ3) is 3.50. The Morgan fingerprint density at radius 2 is 2.00 bits per heavy atom. The molecule has 4 aromatic rings. The van der Waals surface area contributed by atoms with E-state index in [0.29, 0.717) is 29.4 Å². The minimum Gasteiger partial charge on any atom is -0.455 e. The predicted molar refractivity (Wildman–Crippen MR) is 122 cm³/mol. The zero-order chi connectivity index (χ0) is 21.4. The molecule has 4 N–H and O–H groups in total. The Morgan fingerprint density at radius 1 is 1.23 bits per heavy atom. The van der Waals surface area contributed by atoms with Crippen LogP contribution in [0.1, 0.15) is 40.9 Å². The van der Waals surface area contributed by atoms with Crippen LogP contribution in [0.5, 0.6) is 0 Å². The van der Waals surface area contributed by atoms with Crippen LogP contribution in [-0.2, 0) is 13.0 Å². The summed E-state index contributed by atoms with van der Waals surface area (Å²) in [7, 11) is 0. The number of halogens is 1. The largest absolute Gasteiger partial charge is 0.455 e. The lowest BCUT2D eigenvalue weighted by atomic mass is 10.1. The lowest BCUT2D eigenvalue weighted by Gasteiger charge is -2.11. The number of nitrogens with zero attached hydrogens (tertiary/aromatic N) is 2. The summed E-state index contributed by atoms with van der Waals surface area (Å²) in [6.45, 7) is 4.41. The molecule has 154 valence electrons. The zero-order valence-electron chi connectivity index (χ0n) is 16.9. The number of amides is 1. The van der Waals surface area contributed by atoms with Crippen LogP contribution in [0.3, 0.4) is 0 Å². The Labute approximate surface area is 183 Å². The van der Waals surface area contributed by atoms with Crippen molar-refractivity contribution in [2.75, 3.05) is 5.73 Å². The fourth-order valence-electron chi connectivity index (χ4n) is 3.80. The van der Waals surface area contributed by atoms with Crippen LogP contribution in [0, 0.1) is 6.92 Å². The fraction of sp³-hybridized carbons (Fsp3) is 0.217. The zero-order valence-corrected chi connectivity index (χ0v) is 18.5. The highest BCUT2D eigenvalue weighted by atomic mass is 79.9. The highest BCUT2D eigenvalue weighted by Crippen LogP contribution is 2.40. The number of carbonyl (C=O) groups is 1. The van der Waals surface area contributed by atoms with Gasteiger partial charge in [0.15, 0.2) is 5.76 Å². The maximum absolute atomic E-state index is 12.0. The summed E-state index contributed by atoms with van der Waals surface area (Å²) in [5.41, 5.74) is 16.2. The molecule has 7 heteroatoms. The van der Waals surface area contributed by atoms with E-state index < -0.39 is 5.91 Å². The van der Waals surface area contributed by atoms with Crippen molar-refractivity contribution in [1.82, 2.24) is 9.55 Å². The van der Waals surface area contributed by atoms with Crippen molar-refractivity contribution in [3.8, 4) is 11.3 Å². The number of furan rings is 1. The van der Waals surface area contributed by atoms with Gasteiger partial charge in [-0.2, -0.15) is 0 Å². The van der Waals surface area contributed by atoms with Crippen LogP contribution in [0.4, 0.5) is 5.69 Å². The number of imidazole rings is 1. The summed E-state index contributed by atoms with van der Waals surface area (Å²) in [4.78, 5) is 16.6. The van der Waals surface area contributed by atoms with Gasteiger partial charge < -0.3 is 20.5 Å². The molecule has 0 bridgehead atoms. The molecule has 1 amide bonds. The third-order valence-electron chi connectivity index (χ3n) is 5.17. The monoisotopic (exact) mass is 466 g/mol. The summed E-state index contributed by atoms with van der Waals surface area (Å²) in [5.74, 6) is 1.10. The van der Waals surface area contributed by atoms with Crippen LogP contribution < -0.4 is 11.5 Å². The van der Waals surface area contributed by atoms with Gasteiger partial charge in [-0.05, 0) is 59.1 Å². The first-order valence-electron chi connectivity index (χ1n) is 9.82. The molecule has 4 rings (SSSR count). The van der Waals surface area contributed by atoms with Gasteiger partial charge in [-0.15, -0.1) is 0 Å². The van der Waals surface area contributed by atoms with Crippen LogP contribution in [0.25, 0.3) is 22.3 Å². The number of primary amides is 1. The number of para-hydroxylation sites is 1. The number of benzene rings is 2. The van der Waals surface area contributed by atoms with Crippen molar-refractivity contribution in [3.63, 3.8) is 0 Å². The van der Waals surface area contributed by atoms with Crippen molar-refractivity contribution < 1.29 is 9.21 Å². The fourth-order valence-corrected chi connectivity index (χ4v) is 4.40. The summed E-state index contributed by atoms with van der Waals surface area (Å²) >= 11 is 3.68. The molecule has 2 heterocycles. The Bertz CT molecular complexity index is 1260. The molecule has 2 aromatic heterocycles. The topological polar surface area (TPSA) is 100 Å². The minimum atomic E-state index is -0.463. The van der Waals surface area contributed by atoms with Crippen LogP contribution in [-0.4, -0.2) is 15.5 Å². The van der Waals surface area contributed by atoms with E-state index in [-0.39, 0.29) is 0 Å². The molecule has 30 heavy (non-hydrogen) atoms. The first-order valence-corrected chi connectivity index (χ1v) is 10.6. The second-order valence-corrected chi connectivity index (χ2v) is 8.12. The molecule has 0 spiro atoms. The van der Waals surface area contributed by atoms with Gasteiger partial charge in [-0.25, -0.2) is 4.98 Å². The van der Waals surface area contributed by atoms with E-state index in [4.69, 9.17) is 15.9 Å². The lowest BCUT2D eigenvalue weighted by molar-refractivity contribution is 0.0991. The first-order chi connectivity index (χ1) is 14.4. The molecule has 0 aliphatic carbocycles. The van der Waals surface area contributed by atoms with E-state index in [2.05, 4.69) is 33.9 Å². The number of nitrogens with two attached hydrogens (primary N) is 2. The highest BCUT2D eigenvalue weighted by Gasteiger charge is 2.20. The molecule has 0 fully saturated rings. The molecule has 6 nitrogen and oxygen atoms in total. The van der Waals surface area contributed by atoms with Crippen LogP contribution in [0.15, 0.2) is 51.4 Å². The Kier molecular flexibility index (Phi) is 5.39. The number of hydrogen-bond acceptors (Lipinski definition) is 4. The van der Waals surface area contributed by atoms with Crippen molar-refractivity contribution in [2.24, 2.45) is 5.73 Å². The molecule has 0 atom stereocenters. The summed E-state index contributed by atoms with van der Waals surface area (Å²) in [6, 6.07) is 13.6. The number of rotatable bonds is 6. The van der Waals surface area contributed by atoms with Gasteiger partial charge in [0.1, 0.15) is 17.1 Å². The average Bonchev–Trinajstić information content (AvgIpc) is 3.19. The van der Waals surface area contributed by atoms with E-state index in [1.54, 1.807) is 0 Å². The normalized spacial score (nSPS) is 11.3. The van der Waals surface area contributed by atoms with Crippen molar-refractivity contribution >= 4 is 38.5 Å². The molecule has 0 aliphatic rings. The summed E-state index contributed by atoms with van der Waals surface area (Å²) < 4.78 is 8.85. The van der Waals surface area contributed by atoms with Gasteiger partial charge in [0, 0.05) is 29.6 Å². The van der Waals surface area contributed by atoms with Crippen molar-refractivity contribution in [1.29, 1.82) is 0 Å². The Balaban J connectivity index is 1.78. The summed E-state index contributed by atoms with van der Waals surface area (Å²) in [5, 5.41) is 0.945. The molecular formula is C23H23BrN4O2. The Hall–Kier alpha value is -3.06. The van der Waals surface area contributed by atoms with E-state index in [1.165, 1.54) is 0 Å². The van der Waals surface area contributed by atoms with Gasteiger partial charge >= 0.3 is 0 Å². The molecular weight excluding hydrogens is 444 g/mol. The Morgan fingerprint density at radius 3 is 2.70 bits per heavy atom. The second-order valence-electron chi connectivity index (χ2n) is 7.33. The van der Waals surface area contributed by atoms with Crippen LogP contribution >= 0.6 is 15.9 Å². The predicted octanol–water partition coefficient (Wildman–Crippen LogP) is 5.05. The van der Waals surface area contributed by atoms with Gasteiger partial charge in [0.2, 0.25) is 0 Å². The molecule has 0 unspecified atom stereocenters. The maximum Gasteiger partial charge on any atom is 0.267 e. The van der Waals surface area contributed by atoms with Gasteiger partial charge in [0.05, 0.1) is 10.2 Å². The number of fused-ring (bicyclic) bond motifs is 1. The summed E-state index contributed by atoms with van der Waals surface area (Å²) in [6.07, 6.45) is 1.71. The van der Waals surface area contributed by atoms with Gasteiger partial charge in [-0.1, -0.05) is 25.1 Å². The second kappa shape index (κ2) is 7.99. The number of aromatic nitrogens is 2. The first kappa shape index (κ1) is 20.2. The quantitative estimate of drug-likeness (QED) is 0.388. The molecule has 0 radical (unpaired) electrons. The lowest BCUT2D eigenvalue weighted by Crippen LogP contribution is -2.19. The SMILES string of the molecule is CCCc1nc(C)c(C(N)=O)n1Cc1ccc2oc(-c3ccccc3N)c(Br)c2c1. The smallest absolute Gasteiger partial charge is 0.267 e. The minimum absolute atomic E-state index is 0.461. The number of nitrogen functional groups attached to an aromatic ring is 1. The molecule has 0 saturated heterocycles. The van der Waals surface area contributed by atoms with E-state index in [1.807, 2.05) is 47.9 Å². The van der Waals surface area contributed by atoms with Gasteiger partial charge in [0.25, 0.3) is 5.91 Å². The maximum atomic E-state index is 12.0. The highest BCUT2D eigenvalue weighted by molar-refractivity contribution is 9.10. The van der Waals surface area contributed by atoms with Gasteiger partial charge in [-0.3, -0.25) is 4.79 Å². The standard InChI is InChI=1S/C23H23BrN4O2/c1-3-6-19-27-13(2)21(23(26)29)28(19)12-14-9-10-18-16(11-14)20(24)22(30-18)15-7-4-5-8-17(15)25/h4-5,7-11H,3,6,12,25H2,1-2H3,(H2,26,29). The molecule has 0 saturated carbocycles. The number of hydrogen-bond donors (Lipinski definition) is 2. The molecule has 0 aliphatic heterocycles.